The summed E-state index contributed by atoms with van der Waals surface area (Å²) in [5.74, 6) is -1.69. The Balaban J connectivity index is 1.26. The Kier molecular flexibility index (Phi) is 8.56. The molecule has 2 saturated heterocycles. The Morgan fingerprint density at radius 3 is 2.48 bits per heavy atom. The number of alkyl halides is 3. The largest absolute Gasteiger partial charge is 0.437 e. The fraction of sp³-hybridized carbons (Fsp3) is 0.464. The Labute approximate surface area is 241 Å². The zero-order valence-corrected chi connectivity index (χ0v) is 23.8. The van der Waals surface area contributed by atoms with Crippen LogP contribution in [0.1, 0.15) is 48.0 Å². The molecule has 1 atom stereocenters. The van der Waals surface area contributed by atoms with Gasteiger partial charge in [-0.05, 0) is 48.9 Å². The standard InChI is InChI=1S/C28H31F4N5O4S/c1-19-6-4-11-36(18-19)27-34-26(28(30,31)32)25(41-27)22(38)16-20-9-10-24(33-17-20)35-12-5-13-37(15-14-35)42(39,40)23-8-3-2-7-21(23)29/h2-3,7-10,17,19H,4-6,11-16,18H2,1H3. The molecule has 5 rings (SSSR count). The third-order valence-electron chi connectivity index (χ3n) is 7.47. The van der Waals surface area contributed by atoms with Gasteiger partial charge in [0.1, 0.15) is 16.5 Å². The minimum absolute atomic E-state index is 0.114. The van der Waals surface area contributed by atoms with Gasteiger partial charge >= 0.3 is 6.18 Å². The summed E-state index contributed by atoms with van der Waals surface area (Å²) in [5.41, 5.74) is -0.940. The van der Waals surface area contributed by atoms with Gasteiger partial charge in [-0.15, -0.1) is 0 Å². The van der Waals surface area contributed by atoms with E-state index < -0.39 is 39.3 Å². The number of hydrogen-bond acceptors (Lipinski definition) is 8. The molecule has 0 saturated carbocycles. The van der Waals surface area contributed by atoms with Crippen LogP contribution >= 0.6 is 0 Å². The zero-order valence-electron chi connectivity index (χ0n) is 23.0. The van der Waals surface area contributed by atoms with Crippen LogP contribution < -0.4 is 9.80 Å². The van der Waals surface area contributed by atoms with Gasteiger partial charge in [0.05, 0.1) is 0 Å². The molecule has 1 aromatic carbocycles. The molecule has 2 fully saturated rings. The number of Topliss-reactive ketones (excluding diaryl/α,β-unsaturated/α-hetero) is 1. The van der Waals surface area contributed by atoms with Crippen molar-refractivity contribution in [2.24, 2.45) is 5.92 Å². The molecule has 3 aromatic rings. The van der Waals surface area contributed by atoms with Crippen LogP contribution in [0.2, 0.25) is 0 Å². The summed E-state index contributed by atoms with van der Waals surface area (Å²) in [6, 6.07) is 8.27. The Hall–Kier alpha value is -3.52. The molecule has 0 spiro atoms. The van der Waals surface area contributed by atoms with Crippen molar-refractivity contribution < 1.29 is 35.2 Å². The van der Waals surface area contributed by atoms with Gasteiger partial charge in [-0.25, -0.2) is 17.8 Å². The molecule has 0 bridgehead atoms. The maximum Gasteiger partial charge on any atom is 0.437 e. The first-order valence-corrected chi connectivity index (χ1v) is 15.2. The lowest BCUT2D eigenvalue weighted by atomic mass is 10.0. The number of rotatable bonds is 7. The molecule has 42 heavy (non-hydrogen) atoms. The number of piperidine rings is 1. The quantitative estimate of drug-likeness (QED) is 0.279. The van der Waals surface area contributed by atoms with Crippen molar-refractivity contribution in [3.8, 4) is 0 Å². The van der Waals surface area contributed by atoms with E-state index in [1.165, 1.54) is 28.7 Å². The van der Waals surface area contributed by atoms with Crippen molar-refractivity contribution in [1.29, 1.82) is 0 Å². The molecule has 0 N–H and O–H groups in total. The Bertz CT molecular complexity index is 1530. The van der Waals surface area contributed by atoms with Crippen molar-refractivity contribution in [3.63, 3.8) is 0 Å². The molecule has 0 amide bonds. The normalized spacial score (nSPS) is 19.1. The van der Waals surface area contributed by atoms with Crippen molar-refractivity contribution in [3.05, 3.63) is 65.4 Å². The lowest BCUT2D eigenvalue weighted by molar-refractivity contribution is -0.141. The maximum atomic E-state index is 14.2. The van der Waals surface area contributed by atoms with E-state index >= 15 is 0 Å². The van der Waals surface area contributed by atoms with Crippen LogP contribution in [0.5, 0.6) is 0 Å². The zero-order chi connectivity index (χ0) is 30.1. The van der Waals surface area contributed by atoms with Gasteiger partial charge in [0.2, 0.25) is 21.6 Å². The number of oxazole rings is 1. The monoisotopic (exact) mass is 609 g/mol. The van der Waals surface area contributed by atoms with E-state index in [1.54, 1.807) is 17.0 Å². The van der Waals surface area contributed by atoms with Gasteiger partial charge < -0.3 is 14.2 Å². The summed E-state index contributed by atoms with van der Waals surface area (Å²) < 4.78 is 88.1. The molecule has 1 unspecified atom stereocenters. The number of pyridine rings is 1. The highest BCUT2D eigenvalue weighted by molar-refractivity contribution is 7.89. The number of carbonyl (C=O) groups excluding carboxylic acids is 1. The van der Waals surface area contributed by atoms with Gasteiger partial charge in [-0.1, -0.05) is 25.1 Å². The second-order valence-corrected chi connectivity index (χ2v) is 12.6. The predicted octanol–water partition coefficient (Wildman–Crippen LogP) is 4.79. The second kappa shape index (κ2) is 12.0. The molecule has 0 radical (unpaired) electrons. The second-order valence-electron chi connectivity index (χ2n) is 10.7. The first-order chi connectivity index (χ1) is 19.9. The van der Waals surface area contributed by atoms with Crippen molar-refractivity contribution >= 4 is 27.6 Å². The third-order valence-corrected chi connectivity index (χ3v) is 9.40. The smallest absolute Gasteiger partial charge is 0.420 e. The van der Waals surface area contributed by atoms with Crippen LogP contribution in [0.4, 0.5) is 29.4 Å². The minimum atomic E-state index is -4.85. The van der Waals surface area contributed by atoms with Crippen molar-refractivity contribution in [2.75, 3.05) is 49.1 Å². The van der Waals surface area contributed by atoms with E-state index in [-0.39, 0.29) is 36.3 Å². The number of anilines is 2. The number of nitrogens with zero attached hydrogens (tertiary/aromatic N) is 5. The molecule has 0 aliphatic carbocycles. The topological polar surface area (TPSA) is 99.9 Å². The highest BCUT2D eigenvalue weighted by Gasteiger charge is 2.42. The van der Waals surface area contributed by atoms with Crippen molar-refractivity contribution in [2.45, 2.75) is 43.7 Å². The number of hydrogen-bond donors (Lipinski definition) is 0. The molecule has 9 nitrogen and oxygen atoms in total. The van der Waals surface area contributed by atoms with Crippen LogP contribution in [-0.2, 0) is 22.6 Å². The summed E-state index contributed by atoms with van der Waals surface area (Å²) in [6.07, 6.45) is -1.59. The fourth-order valence-corrected chi connectivity index (χ4v) is 6.85. The molecule has 2 aliphatic heterocycles. The van der Waals surface area contributed by atoms with E-state index in [4.69, 9.17) is 4.42 Å². The van der Waals surface area contributed by atoms with E-state index in [0.29, 0.717) is 44.0 Å². The van der Waals surface area contributed by atoms with Crippen LogP contribution in [0.25, 0.3) is 0 Å². The van der Waals surface area contributed by atoms with Gasteiger partial charge in [-0.3, -0.25) is 4.79 Å². The number of aromatic nitrogens is 2. The number of halogens is 4. The molecule has 2 aliphatic rings. The average Bonchev–Trinajstić information content (AvgIpc) is 3.26. The number of benzene rings is 1. The van der Waals surface area contributed by atoms with E-state index in [0.717, 1.165) is 18.9 Å². The van der Waals surface area contributed by atoms with Gasteiger partial charge in [0.25, 0.3) is 6.01 Å². The summed E-state index contributed by atoms with van der Waals surface area (Å²) in [4.78, 5) is 24.1. The number of carbonyl (C=O) groups is 1. The molecule has 2 aromatic heterocycles. The molecule has 14 heteroatoms. The van der Waals surface area contributed by atoms with Crippen LogP contribution in [0.15, 0.2) is 51.9 Å². The molecular formula is C28H31F4N5O4S. The first kappa shape index (κ1) is 30.0. The van der Waals surface area contributed by atoms with E-state index in [1.807, 2.05) is 11.8 Å². The van der Waals surface area contributed by atoms with Crippen molar-refractivity contribution in [1.82, 2.24) is 14.3 Å². The maximum absolute atomic E-state index is 14.2. The Morgan fingerprint density at radius 2 is 1.79 bits per heavy atom. The van der Waals surface area contributed by atoms with Crippen LogP contribution in [0, 0.1) is 11.7 Å². The summed E-state index contributed by atoms with van der Waals surface area (Å²) in [7, 11) is -4.01. The lowest BCUT2D eigenvalue weighted by Gasteiger charge is -2.29. The molecular weight excluding hydrogens is 578 g/mol. The predicted molar refractivity (Wildman–Crippen MR) is 146 cm³/mol. The van der Waals surface area contributed by atoms with Crippen LogP contribution in [0.3, 0.4) is 0 Å². The van der Waals surface area contributed by atoms with Gasteiger partial charge in [0, 0.05) is 51.9 Å². The summed E-state index contributed by atoms with van der Waals surface area (Å²) in [5, 5.41) is 0. The SMILES string of the molecule is CC1CCCN(c2nc(C(F)(F)F)c(C(=O)Cc3ccc(N4CCCN(S(=O)(=O)c5ccccc5F)CC4)nc3)o2)C1. The molecule has 4 heterocycles. The van der Waals surface area contributed by atoms with E-state index in [2.05, 4.69) is 9.97 Å². The Morgan fingerprint density at radius 1 is 1.02 bits per heavy atom. The first-order valence-electron chi connectivity index (χ1n) is 13.7. The highest BCUT2D eigenvalue weighted by atomic mass is 32.2. The number of ketones is 1. The summed E-state index contributed by atoms with van der Waals surface area (Å²) in [6.45, 7) is 4.10. The number of sulfonamides is 1. The summed E-state index contributed by atoms with van der Waals surface area (Å²) >= 11 is 0. The third kappa shape index (κ3) is 6.43. The average molecular weight is 610 g/mol. The minimum Gasteiger partial charge on any atom is -0.420 e. The van der Waals surface area contributed by atoms with Gasteiger partial charge in [-0.2, -0.15) is 22.5 Å². The van der Waals surface area contributed by atoms with Crippen LogP contribution in [-0.4, -0.2) is 67.7 Å². The lowest BCUT2D eigenvalue weighted by Crippen LogP contribution is -2.35. The van der Waals surface area contributed by atoms with Gasteiger partial charge in [0.15, 0.2) is 5.69 Å². The highest BCUT2D eigenvalue weighted by Crippen LogP contribution is 2.35. The fourth-order valence-electron chi connectivity index (χ4n) is 5.32. The molecule has 226 valence electrons. The van der Waals surface area contributed by atoms with E-state index in [9.17, 15) is 30.8 Å².